The molecule has 11 heteroatoms. The number of nitrogens with zero attached hydrogens (tertiary/aromatic N) is 5. The van der Waals surface area contributed by atoms with E-state index >= 15 is 0 Å². The van der Waals surface area contributed by atoms with Crippen LogP contribution in [-0.2, 0) is 11.3 Å². The maximum atomic E-state index is 13.9. The van der Waals surface area contributed by atoms with E-state index < -0.39 is 17.9 Å². The summed E-state index contributed by atoms with van der Waals surface area (Å²) in [5.41, 5.74) is 3.27. The number of carbonyl (C=O) groups excluding carboxylic acids is 2. The van der Waals surface area contributed by atoms with Crippen molar-refractivity contribution >= 4 is 28.7 Å². The van der Waals surface area contributed by atoms with Gasteiger partial charge in [0.15, 0.2) is 5.69 Å². The summed E-state index contributed by atoms with van der Waals surface area (Å²) in [6, 6.07) is 28.7. The van der Waals surface area contributed by atoms with E-state index in [-0.39, 0.29) is 24.2 Å². The molecule has 3 aromatic carbocycles. The number of rotatable bonds is 9. The normalized spacial score (nSPS) is 14.6. The van der Waals surface area contributed by atoms with Crippen molar-refractivity contribution in [3.8, 4) is 0 Å². The fraction of sp³-hybridized carbons (Fsp3) is 0.219. The van der Waals surface area contributed by atoms with Crippen LogP contribution in [0, 0.1) is 0 Å². The summed E-state index contributed by atoms with van der Waals surface area (Å²) in [6.45, 7) is 1.94. The molecule has 1 aliphatic rings. The summed E-state index contributed by atoms with van der Waals surface area (Å²) in [6.07, 6.45) is 1.12. The van der Waals surface area contributed by atoms with Gasteiger partial charge in [-0.2, -0.15) is 0 Å². The Morgan fingerprint density at radius 1 is 0.860 bits per heavy atom. The van der Waals surface area contributed by atoms with Crippen LogP contribution >= 0.6 is 0 Å². The van der Waals surface area contributed by atoms with Crippen molar-refractivity contribution in [2.24, 2.45) is 0 Å². The number of aromatic carboxylic acids is 1. The van der Waals surface area contributed by atoms with E-state index in [0.29, 0.717) is 31.9 Å². The number of carbonyl (C=O) groups is 3. The van der Waals surface area contributed by atoms with E-state index in [2.05, 4.69) is 49.8 Å². The van der Waals surface area contributed by atoms with Gasteiger partial charge in [-0.25, -0.2) is 9.48 Å². The molecule has 3 heterocycles. The largest absolute Gasteiger partial charge is 0.476 e. The van der Waals surface area contributed by atoms with Crippen LogP contribution in [0.15, 0.2) is 97.2 Å². The number of piperazine rings is 1. The van der Waals surface area contributed by atoms with Crippen LogP contribution < -0.4 is 5.32 Å². The number of carboxylic acids is 1. The fourth-order valence-corrected chi connectivity index (χ4v) is 5.65. The van der Waals surface area contributed by atoms with E-state index in [4.69, 9.17) is 0 Å². The van der Waals surface area contributed by atoms with Crippen LogP contribution in [0.3, 0.4) is 0 Å². The molecule has 1 fully saturated rings. The van der Waals surface area contributed by atoms with Crippen molar-refractivity contribution in [1.29, 1.82) is 0 Å². The molecular formula is C32H31N7O4. The molecule has 0 saturated carbocycles. The number of para-hydroxylation sites is 1. The third-order valence-electron chi connectivity index (χ3n) is 7.79. The number of benzene rings is 3. The predicted molar refractivity (Wildman–Crippen MR) is 159 cm³/mol. The van der Waals surface area contributed by atoms with Crippen LogP contribution in [-0.4, -0.2) is 84.9 Å². The molecule has 0 aliphatic carbocycles. The van der Waals surface area contributed by atoms with Gasteiger partial charge >= 0.3 is 5.97 Å². The first-order valence-corrected chi connectivity index (χ1v) is 14.1. The molecule has 11 nitrogen and oxygen atoms in total. The van der Waals surface area contributed by atoms with Gasteiger partial charge in [0.1, 0.15) is 11.7 Å². The Morgan fingerprint density at radius 2 is 1.49 bits per heavy atom. The number of fused-ring (bicyclic) bond motifs is 1. The number of aromatic amines is 1. The van der Waals surface area contributed by atoms with Gasteiger partial charge in [0, 0.05) is 37.1 Å². The molecule has 3 N–H and O–H groups in total. The van der Waals surface area contributed by atoms with Crippen LogP contribution in [0.2, 0.25) is 0 Å². The second kappa shape index (κ2) is 12.3. The third-order valence-corrected chi connectivity index (χ3v) is 7.79. The minimum Gasteiger partial charge on any atom is -0.476 e. The zero-order valence-corrected chi connectivity index (χ0v) is 23.3. The lowest BCUT2D eigenvalue weighted by atomic mass is 9.96. The highest BCUT2D eigenvalue weighted by atomic mass is 16.4. The Balaban J connectivity index is 1.21. The predicted octanol–water partition coefficient (Wildman–Crippen LogP) is 3.19. The molecule has 0 spiro atoms. The average Bonchev–Trinajstić information content (AvgIpc) is 3.70. The molecule has 2 amide bonds. The first kappa shape index (κ1) is 27.9. The van der Waals surface area contributed by atoms with Crippen molar-refractivity contribution in [2.75, 3.05) is 26.2 Å². The smallest absolute Gasteiger partial charge is 0.355 e. The van der Waals surface area contributed by atoms with E-state index in [1.54, 1.807) is 11.0 Å². The molecule has 0 bridgehead atoms. The van der Waals surface area contributed by atoms with Gasteiger partial charge in [0.05, 0.1) is 18.8 Å². The lowest BCUT2D eigenvalue weighted by Crippen LogP contribution is -2.56. The zero-order valence-electron chi connectivity index (χ0n) is 23.3. The van der Waals surface area contributed by atoms with Gasteiger partial charge < -0.3 is 20.3 Å². The monoisotopic (exact) mass is 577 g/mol. The molecule has 1 atom stereocenters. The summed E-state index contributed by atoms with van der Waals surface area (Å²) in [7, 11) is 0. The number of aromatic nitrogens is 4. The Hall–Kier alpha value is -5.29. The highest BCUT2D eigenvalue weighted by Gasteiger charge is 2.33. The first-order chi connectivity index (χ1) is 21.0. The fourth-order valence-electron chi connectivity index (χ4n) is 5.65. The van der Waals surface area contributed by atoms with Gasteiger partial charge in [-0.1, -0.05) is 84.1 Å². The minimum atomic E-state index is -1.22. The topological polar surface area (TPSA) is 136 Å². The first-order valence-electron chi connectivity index (χ1n) is 14.1. The molecule has 43 heavy (non-hydrogen) atoms. The third kappa shape index (κ3) is 6.02. The summed E-state index contributed by atoms with van der Waals surface area (Å²) in [5.74, 6) is -2.01. The molecule has 218 valence electrons. The molecular weight excluding hydrogens is 546 g/mol. The summed E-state index contributed by atoms with van der Waals surface area (Å²) in [4.78, 5) is 46.1. The van der Waals surface area contributed by atoms with Crippen molar-refractivity contribution in [3.63, 3.8) is 0 Å². The molecule has 5 aromatic rings. The molecule has 0 radical (unpaired) electrons. The quantitative estimate of drug-likeness (QED) is 0.245. The van der Waals surface area contributed by atoms with E-state index in [0.717, 1.165) is 21.8 Å². The zero-order chi connectivity index (χ0) is 29.8. The number of hydrogen-bond donors (Lipinski definition) is 3. The van der Waals surface area contributed by atoms with Crippen LogP contribution in [0.25, 0.3) is 10.9 Å². The number of H-pyrrole nitrogens is 1. The maximum Gasteiger partial charge on any atom is 0.355 e. The summed E-state index contributed by atoms with van der Waals surface area (Å²) < 4.78 is 1.13. The average molecular weight is 578 g/mol. The molecule has 0 unspecified atom stereocenters. The highest BCUT2D eigenvalue weighted by Crippen LogP contribution is 2.29. The molecule has 2 aromatic heterocycles. The lowest BCUT2D eigenvalue weighted by Gasteiger charge is -2.40. The standard InChI is InChI=1S/C32H31N7O4/c40-30(26-19-24-13-7-8-14-25(24)34-26)35-27(21-39-28(32(42)43)20-33-36-39)31(41)38-17-15-37(16-18-38)29(22-9-3-1-4-10-22)23-11-5-2-6-12-23/h1-14,19-20,27,29,34H,15-18,21H2,(H,35,40)(H,42,43)/t27-/m0/s1. The Morgan fingerprint density at radius 3 is 2.12 bits per heavy atom. The van der Waals surface area contributed by atoms with Crippen molar-refractivity contribution in [2.45, 2.75) is 18.6 Å². The Bertz CT molecular complexity index is 1650. The highest BCUT2D eigenvalue weighted by molar-refractivity contribution is 6.00. The Labute approximate surface area is 247 Å². The molecule has 1 saturated heterocycles. The maximum absolute atomic E-state index is 13.9. The van der Waals surface area contributed by atoms with Gasteiger partial charge in [-0.3, -0.25) is 14.5 Å². The second-order valence-corrected chi connectivity index (χ2v) is 10.5. The van der Waals surface area contributed by atoms with Gasteiger partial charge in [-0.15, -0.1) is 5.10 Å². The number of nitrogens with one attached hydrogen (secondary N) is 2. The van der Waals surface area contributed by atoms with E-state index in [1.165, 1.54) is 11.1 Å². The van der Waals surface area contributed by atoms with Gasteiger partial charge in [-0.05, 0) is 23.3 Å². The SMILES string of the molecule is O=C(N[C@@H](Cn1nncc1C(=O)O)C(=O)N1CCN(C(c2ccccc2)c2ccccc2)CC1)c1cc2ccccc2[nH]1. The number of carboxylic acid groups (broad SMARTS) is 1. The number of hydrogen-bond acceptors (Lipinski definition) is 6. The second-order valence-electron chi connectivity index (χ2n) is 10.5. The Kier molecular flexibility index (Phi) is 7.96. The lowest BCUT2D eigenvalue weighted by molar-refractivity contribution is -0.135. The van der Waals surface area contributed by atoms with E-state index in [1.807, 2.05) is 60.7 Å². The number of amides is 2. The van der Waals surface area contributed by atoms with Crippen LogP contribution in [0.4, 0.5) is 0 Å². The van der Waals surface area contributed by atoms with Crippen LogP contribution in [0.1, 0.15) is 38.1 Å². The summed E-state index contributed by atoms with van der Waals surface area (Å²) in [5, 5.41) is 20.8. The van der Waals surface area contributed by atoms with Crippen molar-refractivity contribution in [3.05, 3.63) is 120 Å². The molecule has 1 aliphatic heterocycles. The van der Waals surface area contributed by atoms with E-state index in [9.17, 15) is 19.5 Å². The van der Waals surface area contributed by atoms with Crippen LogP contribution in [0.5, 0.6) is 0 Å². The minimum absolute atomic E-state index is 0.0328. The van der Waals surface area contributed by atoms with Crippen molar-refractivity contribution < 1.29 is 19.5 Å². The van der Waals surface area contributed by atoms with Crippen molar-refractivity contribution in [1.82, 2.24) is 35.1 Å². The van der Waals surface area contributed by atoms with Gasteiger partial charge in [0.25, 0.3) is 5.91 Å². The van der Waals surface area contributed by atoms with Gasteiger partial charge in [0.2, 0.25) is 5.91 Å². The summed E-state index contributed by atoms with van der Waals surface area (Å²) >= 11 is 0. The molecule has 6 rings (SSSR count).